The number of rotatable bonds is 6. The summed E-state index contributed by atoms with van der Waals surface area (Å²) in [5.74, 6) is 3.59. The lowest BCUT2D eigenvalue weighted by Gasteiger charge is -2.06. The fraction of sp³-hybridized carbons (Fsp3) is 0.385. The van der Waals surface area contributed by atoms with Gasteiger partial charge in [-0.3, -0.25) is 0 Å². The highest BCUT2D eigenvalue weighted by Gasteiger charge is 2.00. The minimum atomic E-state index is 0.787. The summed E-state index contributed by atoms with van der Waals surface area (Å²) >= 11 is 0. The Morgan fingerprint density at radius 2 is 1.94 bits per heavy atom. The van der Waals surface area contributed by atoms with E-state index in [0.29, 0.717) is 0 Å². The number of furan rings is 1. The van der Waals surface area contributed by atoms with Gasteiger partial charge in [0.1, 0.15) is 29.5 Å². The van der Waals surface area contributed by atoms with Crippen LogP contribution >= 0.6 is 0 Å². The minimum absolute atomic E-state index is 0.787. The minimum Gasteiger partial charge on any atom is -0.466 e. The Balaban J connectivity index is 1.84. The van der Waals surface area contributed by atoms with Crippen LogP contribution in [0.3, 0.4) is 0 Å². The molecular formula is C13H18N4O. The van der Waals surface area contributed by atoms with E-state index in [2.05, 4.69) is 20.6 Å². The van der Waals surface area contributed by atoms with Crippen LogP contribution in [0, 0.1) is 6.92 Å². The Morgan fingerprint density at radius 3 is 2.61 bits per heavy atom. The third-order valence-corrected chi connectivity index (χ3v) is 2.50. The summed E-state index contributed by atoms with van der Waals surface area (Å²) in [4.78, 5) is 8.28. The molecule has 0 amide bonds. The zero-order valence-corrected chi connectivity index (χ0v) is 10.7. The van der Waals surface area contributed by atoms with E-state index >= 15 is 0 Å². The molecule has 0 saturated heterocycles. The molecule has 2 rings (SSSR count). The van der Waals surface area contributed by atoms with E-state index < -0.39 is 0 Å². The van der Waals surface area contributed by atoms with E-state index in [1.54, 1.807) is 6.33 Å². The molecule has 0 unspecified atom stereocenters. The SMILES string of the molecule is CCNc1cc(NCCc2ccc(C)o2)ncn1. The molecule has 18 heavy (non-hydrogen) atoms. The van der Waals surface area contributed by atoms with Crippen molar-refractivity contribution in [3.05, 3.63) is 36.0 Å². The van der Waals surface area contributed by atoms with Crippen LogP contribution in [0.15, 0.2) is 28.9 Å². The summed E-state index contributed by atoms with van der Waals surface area (Å²) < 4.78 is 5.50. The largest absolute Gasteiger partial charge is 0.466 e. The van der Waals surface area contributed by atoms with Crippen LogP contribution in [-0.2, 0) is 6.42 Å². The van der Waals surface area contributed by atoms with Gasteiger partial charge < -0.3 is 15.1 Å². The number of nitrogens with one attached hydrogen (secondary N) is 2. The van der Waals surface area contributed by atoms with Gasteiger partial charge in [-0.15, -0.1) is 0 Å². The standard InChI is InChI=1S/C13H18N4O/c1-3-14-12-8-13(17-9-16-12)15-7-6-11-5-4-10(2)18-11/h4-5,8-9H,3,6-7H2,1-2H3,(H2,14,15,16,17). The van der Waals surface area contributed by atoms with Crippen molar-refractivity contribution in [2.45, 2.75) is 20.3 Å². The molecular weight excluding hydrogens is 228 g/mol. The molecule has 0 spiro atoms. The predicted molar refractivity (Wildman–Crippen MR) is 71.8 cm³/mol. The molecule has 0 radical (unpaired) electrons. The number of hydrogen-bond donors (Lipinski definition) is 2. The molecule has 0 atom stereocenters. The van der Waals surface area contributed by atoms with Crippen LogP contribution in [0.4, 0.5) is 11.6 Å². The van der Waals surface area contributed by atoms with E-state index in [0.717, 1.165) is 42.7 Å². The van der Waals surface area contributed by atoms with Gasteiger partial charge in [0.25, 0.3) is 0 Å². The molecule has 0 aliphatic heterocycles. The first kappa shape index (κ1) is 12.4. The molecule has 5 nitrogen and oxygen atoms in total. The van der Waals surface area contributed by atoms with Crippen molar-refractivity contribution < 1.29 is 4.42 Å². The topological polar surface area (TPSA) is 63.0 Å². The summed E-state index contributed by atoms with van der Waals surface area (Å²) in [5.41, 5.74) is 0. The highest BCUT2D eigenvalue weighted by Crippen LogP contribution is 2.10. The molecule has 2 aromatic heterocycles. The Hall–Kier alpha value is -2.04. The van der Waals surface area contributed by atoms with Crippen molar-refractivity contribution in [3.8, 4) is 0 Å². The van der Waals surface area contributed by atoms with Gasteiger partial charge in [0.15, 0.2) is 0 Å². The smallest absolute Gasteiger partial charge is 0.131 e. The molecule has 0 aliphatic carbocycles. The van der Waals surface area contributed by atoms with Crippen molar-refractivity contribution in [2.75, 3.05) is 23.7 Å². The monoisotopic (exact) mass is 246 g/mol. The first-order chi connectivity index (χ1) is 8.78. The zero-order valence-electron chi connectivity index (χ0n) is 10.7. The summed E-state index contributed by atoms with van der Waals surface area (Å²) in [6.45, 7) is 5.62. The third-order valence-electron chi connectivity index (χ3n) is 2.50. The quantitative estimate of drug-likeness (QED) is 0.819. The molecule has 5 heteroatoms. The van der Waals surface area contributed by atoms with Crippen LogP contribution in [0.1, 0.15) is 18.4 Å². The number of aryl methyl sites for hydroxylation is 1. The molecule has 0 aliphatic rings. The van der Waals surface area contributed by atoms with Crippen molar-refractivity contribution in [1.82, 2.24) is 9.97 Å². The Morgan fingerprint density at radius 1 is 1.17 bits per heavy atom. The highest BCUT2D eigenvalue weighted by molar-refractivity contribution is 5.46. The molecule has 0 aromatic carbocycles. The van der Waals surface area contributed by atoms with Crippen molar-refractivity contribution >= 4 is 11.6 Å². The summed E-state index contributed by atoms with van der Waals surface area (Å²) in [5, 5.41) is 6.40. The average molecular weight is 246 g/mol. The van der Waals surface area contributed by atoms with Crippen LogP contribution in [0.25, 0.3) is 0 Å². The number of hydrogen-bond acceptors (Lipinski definition) is 5. The van der Waals surface area contributed by atoms with E-state index in [4.69, 9.17) is 4.42 Å². The van der Waals surface area contributed by atoms with E-state index in [1.165, 1.54) is 0 Å². The van der Waals surface area contributed by atoms with Crippen molar-refractivity contribution in [2.24, 2.45) is 0 Å². The summed E-state index contributed by atoms with van der Waals surface area (Å²) in [6.07, 6.45) is 2.39. The second-order valence-corrected chi connectivity index (χ2v) is 4.01. The predicted octanol–water partition coefficient (Wildman–Crippen LogP) is 2.46. The van der Waals surface area contributed by atoms with Gasteiger partial charge in [-0.25, -0.2) is 9.97 Å². The summed E-state index contributed by atoms with van der Waals surface area (Å²) in [6, 6.07) is 5.88. The maximum absolute atomic E-state index is 5.50. The van der Waals surface area contributed by atoms with Gasteiger partial charge in [0, 0.05) is 25.6 Å². The Labute approximate surface area is 107 Å². The fourth-order valence-corrected chi connectivity index (χ4v) is 1.67. The molecule has 0 saturated carbocycles. The van der Waals surface area contributed by atoms with Crippen LogP contribution < -0.4 is 10.6 Å². The maximum atomic E-state index is 5.50. The normalized spacial score (nSPS) is 10.3. The lowest BCUT2D eigenvalue weighted by molar-refractivity contribution is 0.486. The molecule has 2 aromatic rings. The highest BCUT2D eigenvalue weighted by atomic mass is 16.3. The molecule has 2 N–H and O–H groups in total. The number of anilines is 2. The second kappa shape index (κ2) is 6.05. The van der Waals surface area contributed by atoms with Gasteiger partial charge in [0.2, 0.25) is 0 Å². The third kappa shape index (κ3) is 3.48. The average Bonchev–Trinajstić information content (AvgIpc) is 2.76. The lowest BCUT2D eigenvalue weighted by atomic mass is 10.3. The van der Waals surface area contributed by atoms with Gasteiger partial charge in [-0.1, -0.05) is 0 Å². The molecule has 96 valence electrons. The maximum Gasteiger partial charge on any atom is 0.131 e. The molecule has 2 heterocycles. The first-order valence-corrected chi connectivity index (χ1v) is 6.13. The van der Waals surface area contributed by atoms with Crippen molar-refractivity contribution in [3.63, 3.8) is 0 Å². The second-order valence-electron chi connectivity index (χ2n) is 4.01. The first-order valence-electron chi connectivity index (χ1n) is 6.13. The van der Waals surface area contributed by atoms with Gasteiger partial charge in [-0.2, -0.15) is 0 Å². The number of nitrogens with zero attached hydrogens (tertiary/aromatic N) is 2. The lowest BCUT2D eigenvalue weighted by Crippen LogP contribution is -2.07. The van der Waals surface area contributed by atoms with Crippen LogP contribution in [0.5, 0.6) is 0 Å². The molecule has 0 bridgehead atoms. The van der Waals surface area contributed by atoms with Gasteiger partial charge in [0.05, 0.1) is 0 Å². The van der Waals surface area contributed by atoms with E-state index in [9.17, 15) is 0 Å². The van der Waals surface area contributed by atoms with Crippen molar-refractivity contribution in [1.29, 1.82) is 0 Å². The Bertz CT molecular complexity index is 495. The fourth-order valence-electron chi connectivity index (χ4n) is 1.67. The Kier molecular flexibility index (Phi) is 4.17. The van der Waals surface area contributed by atoms with Gasteiger partial charge >= 0.3 is 0 Å². The van der Waals surface area contributed by atoms with Gasteiger partial charge in [-0.05, 0) is 26.0 Å². The van der Waals surface area contributed by atoms with Crippen LogP contribution in [-0.4, -0.2) is 23.1 Å². The summed E-state index contributed by atoms with van der Waals surface area (Å²) in [7, 11) is 0. The molecule has 0 fully saturated rings. The number of aromatic nitrogens is 2. The van der Waals surface area contributed by atoms with E-state index in [1.807, 2.05) is 32.0 Å². The zero-order chi connectivity index (χ0) is 12.8. The van der Waals surface area contributed by atoms with E-state index in [-0.39, 0.29) is 0 Å². The van der Waals surface area contributed by atoms with Crippen LogP contribution in [0.2, 0.25) is 0 Å².